The summed E-state index contributed by atoms with van der Waals surface area (Å²) in [5, 5.41) is 0. The Balaban J connectivity index is 1.96. The zero-order chi connectivity index (χ0) is 23.1. The van der Waals surface area contributed by atoms with E-state index in [-0.39, 0.29) is 5.97 Å². The maximum absolute atomic E-state index is 12.4. The smallest absolute Gasteiger partial charge is 0.338 e. The fraction of sp³-hybridized carbons (Fsp3) is 0.308. The van der Waals surface area contributed by atoms with Crippen molar-refractivity contribution in [2.45, 2.75) is 39.8 Å². The number of carbonyl (C=O) groups excluding carboxylic acids is 1. The van der Waals surface area contributed by atoms with Crippen molar-refractivity contribution in [2.24, 2.45) is 0 Å². The monoisotopic (exact) mass is 434 g/mol. The summed E-state index contributed by atoms with van der Waals surface area (Å²) in [6.07, 6.45) is 3.59. The van der Waals surface area contributed by atoms with Crippen LogP contribution in [0.3, 0.4) is 0 Å². The van der Waals surface area contributed by atoms with Gasteiger partial charge in [-0.2, -0.15) is 0 Å². The molecule has 0 saturated carbocycles. The largest absolute Gasteiger partial charge is 0.493 e. The Morgan fingerprint density at radius 2 is 1.72 bits per heavy atom. The quantitative estimate of drug-likeness (QED) is 0.419. The molecular weight excluding hydrogens is 404 g/mol. The van der Waals surface area contributed by atoms with Crippen LogP contribution in [0, 0.1) is 0 Å². The van der Waals surface area contributed by atoms with Gasteiger partial charge in [-0.3, -0.25) is 4.98 Å². The lowest BCUT2D eigenvalue weighted by molar-refractivity contribution is 0.00695. The summed E-state index contributed by atoms with van der Waals surface area (Å²) in [5.74, 6) is 1.01. The van der Waals surface area contributed by atoms with E-state index >= 15 is 0 Å². The highest BCUT2D eigenvalue weighted by Gasteiger charge is 2.19. The normalized spacial score (nSPS) is 11.0. The summed E-state index contributed by atoms with van der Waals surface area (Å²) in [6.45, 7) is 8.66. The SMILES string of the molecule is CCOc1ccc(N(Cc2cccnc2)c2ccc(C(=O)OC(C)(C)C)cc2)cc1OC. The third-order valence-electron chi connectivity index (χ3n) is 4.64. The zero-order valence-electron chi connectivity index (χ0n) is 19.3. The second kappa shape index (κ2) is 10.2. The Labute approximate surface area is 189 Å². The van der Waals surface area contributed by atoms with Crippen molar-refractivity contribution in [2.75, 3.05) is 18.6 Å². The summed E-state index contributed by atoms with van der Waals surface area (Å²) in [5.41, 5.74) is 2.87. The van der Waals surface area contributed by atoms with E-state index in [1.54, 1.807) is 25.4 Å². The minimum absolute atomic E-state index is 0.342. The molecule has 6 heteroatoms. The zero-order valence-corrected chi connectivity index (χ0v) is 19.3. The van der Waals surface area contributed by atoms with Crippen LogP contribution in [-0.2, 0) is 11.3 Å². The molecule has 0 amide bonds. The fourth-order valence-corrected chi connectivity index (χ4v) is 3.22. The Hall–Kier alpha value is -3.54. The summed E-state index contributed by atoms with van der Waals surface area (Å²) in [4.78, 5) is 18.8. The molecule has 0 aliphatic rings. The summed E-state index contributed by atoms with van der Waals surface area (Å²) >= 11 is 0. The first-order valence-electron chi connectivity index (χ1n) is 10.6. The van der Waals surface area contributed by atoms with Crippen LogP contribution in [0.2, 0.25) is 0 Å². The number of benzene rings is 2. The number of esters is 1. The molecule has 3 rings (SSSR count). The Morgan fingerprint density at radius 1 is 1.00 bits per heavy atom. The van der Waals surface area contributed by atoms with Crippen LogP contribution in [0.4, 0.5) is 11.4 Å². The van der Waals surface area contributed by atoms with Gasteiger partial charge < -0.3 is 19.1 Å². The highest BCUT2D eigenvalue weighted by atomic mass is 16.6. The van der Waals surface area contributed by atoms with E-state index in [1.807, 2.05) is 76.4 Å². The number of anilines is 2. The van der Waals surface area contributed by atoms with Gasteiger partial charge in [0.05, 0.1) is 19.3 Å². The first-order chi connectivity index (χ1) is 15.3. The number of aromatic nitrogens is 1. The summed E-state index contributed by atoms with van der Waals surface area (Å²) in [6, 6.07) is 17.2. The Bertz CT molecular complexity index is 1030. The second-order valence-corrected chi connectivity index (χ2v) is 8.26. The number of nitrogens with zero attached hydrogens (tertiary/aromatic N) is 2. The first-order valence-corrected chi connectivity index (χ1v) is 10.6. The van der Waals surface area contributed by atoms with Gasteiger partial charge in [-0.1, -0.05) is 6.07 Å². The third-order valence-corrected chi connectivity index (χ3v) is 4.64. The van der Waals surface area contributed by atoms with Gasteiger partial charge in [-0.15, -0.1) is 0 Å². The average Bonchev–Trinajstić information content (AvgIpc) is 2.78. The van der Waals surface area contributed by atoms with Crippen molar-refractivity contribution in [1.29, 1.82) is 0 Å². The lowest BCUT2D eigenvalue weighted by atomic mass is 10.1. The molecule has 0 spiro atoms. The van der Waals surface area contributed by atoms with Gasteiger partial charge >= 0.3 is 5.97 Å². The Kier molecular flexibility index (Phi) is 7.36. The van der Waals surface area contributed by atoms with Gasteiger partial charge in [0.2, 0.25) is 0 Å². The van der Waals surface area contributed by atoms with Crippen LogP contribution in [-0.4, -0.2) is 30.3 Å². The van der Waals surface area contributed by atoms with Crippen molar-refractivity contribution < 1.29 is 19.0 Å². The van der Waals surface area contributed by atoms with Crippen LogP contribution in [0.1, 0.15) is 43.6 Å². The highest BCUT2D eigenvalue weighted by molar-refractivity contribution is 5.90. The summed E-state index contributed by atoms with van der Waals surface area (Å²) in [7, 11) is 1.63. The van der Waals surface area contributed by atoms with Gasteiger partial charge in [-0.05, 0) is 75.7 Å². The standard InChI is InChI=1S/C26H30N2O4/c1-6-31-23-14-13-22(16-24(23)30-5)28(18-19-8-7-15-27-17-19)21-11-9-20(10-12-21)25(29)32-26(2,3)4/h7-17H,6,18H2,1-5H3. The molecule has 3 aromatic rings. The lowest BCUT2D eigenvalue weighted by Gasteiger charge is -2.26. The van der Waals surface area contributed by atoms with E-state index in [2.05, 4.69) is 9.88 Å². The van der Waals surface area contributed by atoms with Crippen LogP contribution >= 0.6 is 0 Å². The van der Waals surface area contributed by atoms with Gasteiger partial charge in [0.15, 0.2) is 11.5 Å². The average molecular weight is 435 g/mol. The maximum Gasteiger partial charge on any atom is 0.338 e. The molecule has 0 radical (unpaired) electrons. The van der Waals surface area contributed by atoms with Crippen molar-refractivity contribution >= 4 is 17.3 Å². The molecular formula is C26H30N2O4. The number of pyridine rings is 1. The van der Waals surface area contributed by atoms with E-state index in [0.29, 0.717) is 30.2 Å². The van der Waals surface area contributed by atoms with E-state index in [4.69, 9.17) is 14.2 Å². The molecule has 0 unspecified atom stereocenters. The molecule has 32 heavy (non-hydrogen) atoms. The van der Waals surface area contributed by atoms with Crippen molar-refractivity contribution in [3.8, 4) is 11.5 Å². The molecule has 6 nitrogen and oxygen atoms in total. The van der Waals surface area contributed by atoms with Gasteiger partial charge in [0, 0.05) is 36.4 Å². The molecule has 0 N–H and O–H groups in total. The van der Waals surface area contributed by atoms with Crippen LogP contribution in [0.15, 0.2) is 67.0 Å². The molecule has 1 aromatic heterocycles. The number of hydrogen-bond donors (Lipinski definition) is 0. The van der Waals surface area contributed by atoms with Crippen molar-refractivity contribution in [1.82, 2.24) is 4.98 Å². The van der Waals surface area contributed by atoms with Crippen LogP contribution < -0.4 is 14.4 Å². The topological polar surface area (TPSA) is 60.9 Å². The maximum atomic E-state index is 12.4. The predicted molar refractivity (Wildman–Crippen MR) is 126 cm³/mol. The van der Waals surface area contributed by atoms with E-state index in [0.717, 1.165) is 16.9 Å². The van der Waals surface area contributed by atoms with Gasteiger partial charge in [0.1, 0.15) is 5.60 Å². The molecule has 0 fully saturated rings. The molecule has 0 aliphatic carbocycles. The van der Waals surface area contributed by atoms with Gasteiger partial charge in [0.25, 0.3) is 0 Å². The lowest BCUT2D eigenvalue weighted by Crippen LogP contribution is -2.24. The molecule has 0 saturated heterocycles. The van der Waals surface area contributed by atoms with Gasteiger partial charge in [-0.25, -0.2) is 4.79 Å². The molecule has 0 aliphatic heterocycles. The second-order valence-electron chi connectivity index (χ2n) is 8.26. The molecule has 0 atom stereocenters. The summed E-state index contributed by atoms with van der Waals surface area (Å²) < 4.78 is 16.7. The number of rotatable bonds is 8. The minimum Gasteiger partial charge on any atom is -0.493 e. The number of carbonyl (C=O) groups is 1. The van der Waals surface area contributed by atoms with Crippen molar-refractivity contribution in [3.63, 3.8) is 0 Å². The molecule has 2 aromatic carbocycles. The van der Waals surface area contributed by atoms with Crippen molar-refractivity contribution in [3.05, 3.63) is 78.1 Å². The number of ether oxygens (including phenoxy) is 3. The van der Waals surface area contributed by atoms with Crippen LogP contribution in [0.5, 0.6) is 11.5 Å². The van der Waals surface area contributed by atoms with E-state index < -0.39 is 5.60 Å². The molecule has 0 bridgehead atoms. The van der Waals surface area contributed by atoms with Crippen LogP contribution in [0.25, 0.3) is 0 Å². The number of methoxy groups -OCH3 is 1. The number of hydrogen-bond acceptors (Lipinski definition) is 6. The third kappa shape index (κ3) is 6.00. The predicted octanol–water partition coefficient (Wildman–Crippen LogP) is 5.78. The van der Waals surface area contributed by atoms with E-state index in [1.165, 1.54) is 0 Å². The minimum atomic E-state index is -0.541. The first kappa shape index (κ1) is 23.1. The highest BCUT2D eigenvalue weighted by Crippen LogP contribution is 2.36. The fourth-order valence-electron chi connectivity index (χ4n) is 3.22. The van der Waals surface area contributed by atoms with E-state index in [9.17, 15) is 4.79 Å². The Morgan fingerprint density at radius 3 is 2.31 bits per heavy atom. The molecule has 1 heterocycles. The molecule has 168 valence electrons.